The molecule has 0 spiro atoms. The summed E-state index contributed by atoms with van der Waals surface area (Å²) in [7, 11) is 8.94. The Hall–Kier alpha value is -2.74. The minimum atomic E-state index is -0.230. The van der Waals surface area contributed by atoms with Gasteiger partial charge in [-0.2, -0.15) is 0 Å². The molecule has 33 heavy (non-hydrogen) atoms. The number of hydrogen-bond donors (Lipinski definition) is 1. The van der Waals surface area contributed by atoms with Crippen molar-refractivity contribution in [2.45, 2.75) is 18.4 Å². The SMILES string of the molecule is COc1cc(OC)c2c(=O)cc(-c3ccc(N(C)C)cc3Cl)oc2c1C1CCN(C)C1CO. The first-order valence-corrected chi connectivity index (χ1v) is 11.2. The van der Waals surface area contributed by atoms with Crippen LogP contribution in [0.25, 0.3) is 22.3 Å². The maximum Gasteiger partial charge on any atom is 0.197 e. The van der Waals surface area contributed by atoms with E-state index in [-0.39, 0.29) is 24.0 Å². The van der Waals surface area contributed by atoms with E-state index in [0.717, 1.165) is 24.2 Å². The predicted octanol–water partition coefficient (Wildman–Crippen LogP) is 3.98. The van der Waals surface area contributed by atoms with Gasteiger partial charge in [0.1, 0.15) is 28.2 Å². The van der Waals surface area contributed by atoms with Crippen molar-refractivity contribution < 1.29 is 19.0 Å². The number of benzene rings is 2. The maximum atomic E-state index is 13.3. The van der Waals surface area contributed by atoms with Crippen LogP contribution in [0.2, 0.25) is 5.02 Å². The smallest absolute Gasteiger partial charge is 0.197 e. The van der Waals surface area contributed by atoms with Gasteiger partial charge in [-0.05, 0) is 38.2 Å². The van der Waals surface area contributed by atoms with Gasteiger partial charge in [0.15, 0.2) is 5.43 Å². The molecule has 1 aromatic heterocycles. The second-order valence-corrected chi connectivity index (χ2v) is 8.97. The minimum Gasteiger partial charge on any atom is -0.496 e. The van der Waals surface area contributed by atoms with E-state index in [1.807, 2.05) is 44.2 Å². The number of aliphatic hydroxyl groups excluding tert-OH is 1. The number of anilines is 1. The second kappa shape index (κ2) is 9.25. The number of halogens is 1. The summed E-state index contributed by atoms with van der Waals surface area (Å²) in [6.07, 6.45) is 0.797. The van der Waals surface area contributed by atoms with Crippen LogP contribution in [0.1, 0.15) is 17.9 Å². The van der Waals surface area contributed by atoms with E-state index >= 15 is 0 Å². The lowest BCUT2D eigenvalue weighted by atomic mass is 9.89. The molecule has 1 saturated heterocycles. The van der Waals surface area contributed by atoms with E-state index in [1.165, 1.54) is 13.2 Å². The van der Waals surface area contributed by atoms with E-state index < -0.39 is 0 Å². The Morgan fingerprint density at radius 2 is 1.91 bits per heavy atom. The highest BCUT2D eigenvalue weighted by Crippen LogP contribution is 2.45. The van der Waals surface area contributed by atoms with Gasteiger partial charge in [-0.15, -0.1) is 0 Å². The lowest BCUT2D eigenvalue weighted by molar-refractivity contribution is 0.171. The van der Waals surface area contributed by atoms with Crippen molar-refractivity contribution in [2.24, 2.45) is 0 Å². The Morgan fingerprint density at radius 3 is 2.52 bits per heavy atom. The number of aliphatic hydroxyl groups is 1. The maximum absolute atomic E-state index is 13.3. The van der Waals surface area contributed by atoms with Crippen LogP contribution in [0.15, 0.2) is 39.5 Å². The molecule has 0 aliphatic carbocycles. The van der Waals surface area contributed by atoms with Crippen molar-refractivity contribution in [1.29, 1.82) is 0 Å². The summed E-state index contributed by atoms with van der Waals surface area (Å²) in [6.45, 7) is 0.800. The third kappa shape index (κ3) is 4.05. The van der Waals surface area contributed by atoms with Gasteiger partial charge >= 0.3 is 0 Å². The topological polar surface area (TPSA) is 75.4 Å². The van der Waals surface area contributed by atoms with Gasteiger partial charge < -0.3 is 28.8 Å². The number of nitrogens with zero attached hydrogens (tertiary/aromatic N) is 2. The fourth-order valence-electron chi connectivity index (χ4n) is 4.70. The molecule has 1 fully saturated rings. The van der Waals surface area contributed by atoms with E-state index in [1.54, 1.807) is 13.2 Å². The number of fused-ring (bicyclic) bond motifs is 1. The van der Waals surface area contributed by atoms with Gasteiger partial charge in [0.05, 0.1) is 25.8 Å². The molecule has 0 saturated carbocycles. The number of hydrogen-bond acceptors (Lipinski definition) is 7. The molecule has 176 valence electrons. The van der Waals surface area contributed by atoms with Crippen LogP contribution in [0, 0.1) is 0 Å². The first kappa shape index (κ1) is 23.4. The highest BCUT2D eigenvalue weighted by molar-refractivity contribution is 6.33. The van der Waals surface area contributed by atoms with Crippen LogP contribution >= 0.6 is 11.6 Å². The molecule has 2 heterocycles. The molecular weight excluding hydrogens is 444 g/mol. The van der Waals surface area contributed by atoms with Crippen LogP contribution < -0.4 is 19.8 Å². The molecule has 1 aliphatic rings. The molecule has 0 amide bonds. The van der Waals surface area contributed by atoms with Crippen molar-refractivity contribution in [3.05, 3.63) is 51.1 Å². The number of methoxy groups -OCH3 is 2. The molecule has 1 aliphatic heterocycles. The molecule has 0 radical (unpaired) electrons. The lowest BCUT2D eigenvalue weighted by Gasteiger charge is -2.25. The summed E-state index contributed by atoms with van der Waals surface area (Å²) < 4.78 is 17.6. The zero-order valence-electron chi connectivity index (χ0n) is 19.5. The highest BCUT2D eigenvalue weighted by Gasteiger charge is 2.37. The largest absolute Gasteiger partial charge is 0.496 e. The summed E-state index contributed by atoms with van der Waals surface area (Å²) >= 11 is 6.58. The fraction of sp³-hybridized carbons (Fsp3) is 0.400. The van der Waals surface area contributed by atoms with Crippen molar-refractivity contribution in [3.8, 4) is 22.8 Å². The second-order valence-electron chi connectivity index (χ2n) is 8.56. The van der Waals surface area contributed by atoms with Crippen LogP contribution in [0.5, 0.6) is 11.5 Å². The van der Waals surface area contributed by atoms with Gasteiger partial charge in [0, 0.05) is 55.0 Å². The zero-order chi connectivity index (χ0) is 23.9. The summed E-state index contributed by atoms with van der Waals surface area (Å²) in [6, 6.07) is 8.65. The molecule has 4 rings (SSSR count). The van der Waals surface area contributed by atoms with E-state index in [2.05, 4.69) is 4.90 Å². The van der Waals surface area contributed by atoms with Crippen molar-refractivity contribution in [1.82, 2.24) is 4.90 Å². The van der Waals surface area contributed by atoms with Gasteiger partial charge in [0.2, 0.25) is 0 Å². The van der Waals surface area contributed by atoms with E-state index in [9.17, 15) is 9.90 Å². The molecule has 2 unspecified atom stereocenters. The summed E-state index contributed by atoms with van der Waals surface area (Å²) in [5.74, 6) is 1.24. The van der Waals surface area contributed by atoms with Gasteiger partial charge in [0.25, 0.3) is 0 Å². The Labute approximate surface area is 198 Å². The Morgan fingerprint density at radius 1 is 1.18 bits per heavy atom. The zero-order valence-corrected chi connectivity index (χ0v) is 20.3. The highest BCUT2D eigenvalue weighted by atomic mass is 35.5. The third-order valence-corrected chi connectivity index (χ3v) is 6.83. The number of ether oxygens (including phenoxy) is 2. The molecule has 3 aromatic rings. The number of likely N-dealkylation sites (N-methyl/N-ethyl adjacent to an activating group) is 1. The van der Waals surface area contributed by atoms with Crippen LogP contribution in [-0.2, 0) is 0 Å². The van der Waals surface area contributed by atoms with Crippen molar-refractivity contribution in [2.75, 3.05) is 53.4 Å². The average Bonchev–Trinajstić information content (AvgIpc) is 3.17. The average molecular weight is 473 g/mol. The number of rotatable bonds is 6. The normalized spacial score (nSPS) is 18.6. The van der Waals surface area contributed by atoms with Gasteiger partial charge in [-0.25, -0.2) is 0 Å². The molecule has 8 heteroatoms. The molecule has 2 aromatic carbocycles. The fourth-order valence-corrected chi connectivity index (χ4v) is 4.97. The molecule has 0 bridgehead atoms. The van der Waals surface area contributed by atoms with E-state index in [0.29, 0.717) is 38.8 Å². The summed E-state index contributed by atoms with van der Waals surface area (Å²) in [5, 5.41) is 10.9. The quantitative estimate of drug-likeness (QED) is 0.581. The molecular formula is C25H29ClN2O5. The van der Waals surface area contributed by atoms with Gasteiger partial charge in [-0.1, -0.05) is 11.6 Å². The van der Waals surface area contributed by atoms with Gasteiger partial charge in [-0.3, -0.25) is 4.79 Å². The number of likely N-dealkylation sites (tertiary alicyclic amines) is 1. The van der Waals surface area contributed by atoms with Crippen LogP contribution in [0.4, 0.5) is 5.69 Å². The van der Waals surface area contributed by atoms with Crippen molar-refractivity contribution >= 4 is 28.3 Å². The molecule has 1 N–H and O–H groups in total. The standard InChI is InChI=1S/C25H29ClN2O5/c1-27(2)14-6-7-15(17(26)10-14)20-11-19(30)24-22(32-5)12-21(31-4)23(25(24)33-20)16-8-9-28(3)18(16)13-29/h6-7,10-12,16,18,29H,8-9,13H2,1-5H3. The first-order valence-electron chi connectivity index (χ1n) is 10.8. The van der Waals surface area contributed by atoms with Crippen molar-refractivity contribution in [3.63, 3.8) is 0 Å². The summed E-state index contributed by atoms with van der Waals surface area (Å²) in [5.41, 5.74) is 2.50. The summed E-state index contributed by atoms with van der Waals surface area (Å²) in [4.78, 5) is 17.4. The lowest BCUT2D eigenvalue weighted by Crippen LogP contribution is -2.32. The molecule has 7 nitrogen and oxygen atoms in total. The Bertz CT molecular complexity index is 1240. The van der Waals surface area contributed by atoms with E-state index in [4.69, 9.17) is 25.5 Å². The van der Waals surface area contributed by atoms with Crippen LogP contribution in [-0.4, -0.2) is 64.6 Å². The Kier molecular flexibility index (Phi) is 6.56. The first-order chi connectivity index (χ1) is 15.8. The third-order valence-electron chi connectivity index (χ3n) is 6.52. The monoisotopic (exact) mass is 472 g/mol. The minimum absolute atomic E-state index is 0.0143. The van der Waals surface area contributed by atoms with Crippen LogP contribution in [0.3, 0.4) is 0 Å². The molecule has 2 atom stereocenters. The Balaban J connectivity index is 2.02. The predicted molar refractivity (Wildman–Crippen MR) is 131 cm³/mol.